The van der Waals surface area contributed by atoms with Crippen molar-refractivity contribution in [3.8, 4) is 16.9 Å². The van der Waals surface area contributed by atoms with Crippen LogP contribution in [0.3, 0.4) is 0 Å². The number of rotatable bonds is 9. The second-order valence-electron chi connectivity index (χ2n) is 7.36. The van der Waals surface area contributed by atoms with Crippen molar-refractivity contribution in [3.63, 3.8) is 0 Å². The van der Waals surface area contributed by atoms with Crippen LogP contribution in [0.25, 0.3) is 16.9 Å². The summed E-state index contributed by atoms with van der Waals surface area (Å²) in [5.74, 6) is -0.505. The van der Waals surface area contributed by atoms with Gasteiger partial charge in [0.15, 0.2) is 9.84 Å². The fourth-order valence-corrected chi connectivity index (χ4v) is 4.11. The number of amides is 1. The van der Waals surface area contributed by atoms with Crippen LogP contribution in [-0.4, -0.2) is 43.4 Å². The number of nitrogens with zero attached hydrogens (tertiary/aromatic N) is 2. The summed E-state index contributed by atoms with van der Waals surface area (Å²) >= 11 is 0. The number of aromatic nitrogens is 1. The fraction of sp³-hybridized carbons (Fsp3) is 0.227. The summed E-state index contributed by atoms with van der Waals surface area (Å²) < 4.78 is 25.6. The van der Waals surface area contributed by atoms with E-state index in [1.54, 1.807) is 18.2 Å². The molecule has 174 valence electrons. The van der Waals surface area contributed by atoms with E-state index in [0.29, 0.717) is 5.56 Å². The Hall–Kier alpha value is -3.70. The Bertz CT molecular complexity index is 1250. The molecule has 1 amide bonds. The summed E-state index contributed by atoms with van der Waals surface area (Å²) in [6.07, 6.45) is 1.14. The van der Waals surface area contributed by atoms with Gasteiger partial charge in [0.1, 0.15) is 12.6 Å². The summed E-state index contributed by atoms with van der Waals surface area (Å²) in [4.78, 5) is 27.2. The molecule has 1 atom stereocenters. The van der Waals surface area contributed by atoms with E-state index in [-0.39, 0.29) is 18.0 Å². The molecule has 3 aromatic rings. The monoisotopic (exact) mass is 472 g/mol. The first-order chi connectivity index (χ1) is 15.6. The molecule has 3 N–H and O–H groups in total. The number of hydrogen-bond donors (Lipinski definition) is 2. The third-order valence-electron chi connectivity index (χ3n) is 5.09. The molecule has 0 fully saturated rings. The minimum atomic E-state index is -3.34. The smallest absolute Gasteiger partial charge is 0.294 e. The van der Waals surface area contributed by atoms with Gasteiger partial charge >= 0.3 is 0 Å². The van der Waals surface area contributed by atoms with Gasteiger partial charge in [-0.25, -0.2) is 8.42 Å². The van der Waals surface area contributed by atoms with Crippen molar-refractivity contribution in [3.05, 3.63) is 82.0 Å². The van der Waals surface area contributed by atoms with Gasteiger partial charge in [0.2, 0.25) is 5.91 Å². The van der Waals surface area contributed by atoms with E-state index in [1.807, 2.05) is 41.8 Å². The van der Waals surface area contributed by atoms with Gasteiger partial charge in [0, 0.05) is 24.2 Å². The van der Waals surface area contributed by atoms with Crippen LogP contribution < -0.4 is 11.1 Å². The predicted molar refractivity (Wildman–Crippen MR) is 122 cm³/mol. The predicted octanol–water partition coefficient (Wildman–Crippen LogP) is 2.18. The highest BCUT2D eigenvalue weighted by atomic mass is 32.2. The van der Waals surface area contributed by atoms with Crippen LogP contribution in [0.15, 0.2) is 65.6 Å². The van der Waals surface area contributed by atoms with Gasteiger partial charge in [-0.2, -0.15) is 0 Å². The van der Waals surface area contributed by atoms with Crippen LogP contribution in [0.1, 0.15) is 17.3 Å². The van der Waals surface area contributed by atoms with Crippen molar-refractivity contribution in [2.24, 2.45) is 5.73 Å². The third kappa shape index (κ3) is 5.57. The SMILES string of the molecule is Cc1c(C(N)C(=O)NCCO[N+](=O)[O-])cc(-c2ccc(S(C)(=O)=O)cc2)n1-c1ccccc1. The van der Waals surface area contributed by atoms with Crippen LogP contribution >= 0.6 is 0 Å². The minimum Gasteiger partial charge on any atom is -0.353 e. The molecule has 1 heterocycles. The molecule has 0 aliphatic rings. The summed E-state index contributed by atoms with van der Waals surface area (Å²) in [6.45, 7) is 1.48. The van der Waals surface area contributed by atoms with Crippen LogP contribution in [0.2, 0.25) is 0 Å². The Labute approximate surface area is 191 Å². The lowest BCUT2D eigenvalue weighted by Crippen LogP contribution is -2.36. The maximum absolute atomic E-state index is 12.6. The molecular weight excluding hydrogens is 448 g/mol. The highest BCUT2D eigenvalue weighted by Crippen LogP contribution is 2.32. The third-order valence-corrected chi connectivity index (χ3v) is 6.22. The zero-order valence-corrected chi connectivity index (χ0v) is 18.9. The number of para-hydroxylation sites is 1. The van der Waals surface area contributed by atoms with Crippen LogP contribution in [0, 0.1) is 17.0 Å². The maximum Gasteiger partial charge on any atom is 0.294 e. The molecule has 1 aromatic heterocycles. The first kappa shape index (κ1) is 24.0. The number of hydrogen-bond acceptors (Lipinski definition) is 7. The summed E-state index contributed by atoms with van der Waals surface area (Å²) in [5, 5.41) is 11.8. The van der Waals surface area contributed by atoms with Crippen LogP contribution in [0.5, 0.6) is 0 Å². The van der Waals surface area contributed by atoms with E-state index < -0.39 is 26.9 Å². The second-order valence-corrected chi connectivity index (χ2v) is 9.38. The number of nitrogens with one attached hydrogen (secondary N) is 1. The standard InChI is InChI=1S/C22H24N4O6S/c1-15-19(21(23)22(27)24-12-13-32-26(28)29)14-20(25(15)17-6-4-3-5-7-17)16-8-10-18(11-9-16)33(2,30)31/h3-11,14,21H,12-13,23H2,1-2H3,(H,24,27). The van der Waals surface area contributed by atoms with Gasteiger partial charge in [-0.1, -0.05) is 30.3 Å². The molecule has 2 aromatic carbocycles. The van der Waals surface area contributed by atoms with E-state index >= 15 is 0 Å². The van der Waals surface area contributed by atoms with E-state index in [9.17, 15) is 23.3 Å². The Morgan fingerprint density at radius 3 is 2.39 bits per heavy atom. The van der Waals surface area contributed by atoms with Crippen molar-refractivity contribution in [1.82, 2.24) is 9.88 Å². The topological polar surface area (TPSA) is 147 Å². The second kappa shape index (κ2) is 9.84. The Morgan fingerprint density at radius 1 is 1.18 bits per heavy atom. The summed E-state index contributed by atoms with van der Waals surface area (Å²) in [7, 11) is -3.34. The Morgan fingerprint density at radius 2 is 1.82 bits per heavy atom. The molecule has 0 spiro atoms. The van der Waals surface area contributed by atoms with Crippen molar-refractivity contribution in [2.45, 2.75) is 17.9 Å². The van der Waals surface area contributed by atoms with Gasteiger partial charge in [-0.15, -0.1) is 10.1 Å². The first-order valence-corrected chi connectivity index (χ1v) is 11.9. The average molecular weight is 473 g/mol. The lowest BCUT2D eigenvalue weighted by Gasteiger charge is -2.14. The number of carbonyl (C=O) groups is 1. The summed E-state index contributed by atoms with van der Waals surface area (Å²) in [6, 6.07) is 16.7. The molecular formula is C22H24N4O6S. The highest BCUT2D eigenvalue weighted by Gasteiger charge is 2.24. The molecule has 0 saturated carbocycles. The lowest BCUT2D eigenvalue weighted by atomic mass is 10.1. The van der Waals surface area contributed by atoms with Gasteiger partial charge in [0.05, 0.1) is 10.6 Å². The van der Waals surface area contributed by atoms with Crippen molar-refractivity contribution in [2.75, 3.05) is 19.4 Å². The zero-order chi connectivity index (χ0) is 24.2. The number of nitrogens with two attached hydrogens (primary N) is 1. The van der Waals surface area contributed by atoms with Gasteiger partial charge in [-0.05, 0) is 48.4 Å². The molecule has 0 bridgehead atoms. The average Bonchev–Trinajstić information content (AvgIpc) is 3.13. The Kier molecular flexibility index (Phi) is 7.14. The molecule has 1 unspecified atom stereocenters. The van der Waals surface area contributed by atoms with E-state index in [0.717, 1.165) is 28.9 Å². The first-order valence-electron chi connectivity index (χ1n) is 9.98. The number of carbonyl (C=O) groups excluding carboxylic acids is 1. The zero-order valence-electron chi connectivity index (χ0n) is 18.1. The van der Waals surface area contributed by atoms with Crippen molar-refractivity contribution < 1.29 is 23.1 Å². The van der Waals surface area contributed by atoms with E-state index in [2.05, 4.69) is 10.2 Å². The van der Waals surface area contributed by atoms with Crippen LogP contribution in [-0.2, 0) is 19.5 Å². The Balaban J connectivity index is 1.99. The normalized spacial score (nSPS) is 12.2. The number of sulfone groups is 1. The lowest BCUT2D eigenvalue weighted by molar-refractivity contribution is -0.757. The van der Waals surface area contributed by atoms with Crippen molar-refractivity contribution in [1.29, 1.82) is 0 Å². The molecule has 11 heteroatoms. The molecule has 0 radical (unpaired) electrons. The van der Waals surface area contributed by atoms with E-state index in [1.165, 1.54) is 12.1 Å². The van der Waals surface area contributed by atoms with Gasteiger partial charge in [0.25, 0.3) is 5.09 Å². The van der Waals surface area contributed by atoms with Gasteiger partial charge in [-0.3, -0.25) is 4.79 Å². The molecule has 0 aliphatic heterocycles. The minimum absolute atomic E-state index is 0.0637. The van der Waals surface area contributed by atoms with Crippen molar-refractivity contribution >= 4 is 15.7 Å². The quantitative estimate of drug-likeness (QED) is 0.276. The van der Waals surface area contributed by atoms with E-state index in [4.69, 9.17) is 5.73 Å². The molecule has 33 heavy (non-hydrogen) atoms. The summed E-state index contributed by atoms with van der Waals surface area (Å²) in [5.41, 5.74) is 9.83. The van der Waals surface area contributed by atoms with Gasteiger partial charge < -0.3 is 20.5 Å². The molecule has 0 saturated heterocycles. The maximum atomic E-state index is 12.6. The van der Waals surface area contributed by atoms with Crippen LogP contribution in [0.4, 0.5) is 0 Å². The number of benzene rings is 2. The molecule has 0 aliphatic carbocycles. The fourth-order valence-electron chi connectivity index (χ4n) is 3.48. The molecule has 3 rings (SSSR count). The highest BCUT2D eigenvalue weighted by molar-refractivity contribution is 7.90. The molecule has 10 nitrogen and oxygen atoms in total. The largest absolute Gasteiger partial charge is 0.353 e.